The van der Waals surface area contributed by atoms with Gasteiger partial charge in [0.15, 0.2) is 5.82 Å². The Morgan fingerprint density at radius 1 is 1.28 bits per heavy atom. The first-order chi connectivity index (χ1) is 12.1. The number of nitrogens with zero attached hydrogens (tertiary/aromatic N) is 3. The van der Waals surface area contributed by atoms with Gasteiger partial charge in [-0.25, -0.2) is 14.8 Å². The van der Waals surface area contributed by atoms with Gasteiger partial charge in [-0.05, 0) is 38.3 Å². The van der Waals surface area contributed by atoms with E-state index in [9.17, 15) is 9.59 Å². The number of carbonyl (C=O) groups excluding carboxylic acids is 2. The lowest BCUT2D eigenvalue weighted by atomic mass is 9.76. The highest BCUT2D eigenvalue weighted by Gasteiger charge is 2.50. The second-order valence-electron chi connectivity index (χ2n) is 6.72. The number of ether oxygens (including phenoxy) is 1. The van der Waals surface area contributed by atoms with Crippen LogP contribution in [0.2, 0.25) is 0 Å². The van der Waals surface area contributed by atoms with Crippen molar-refractivity contribution in [2.75, 3.05) is 20.2 Å². The van der Waals surface area contributed by atoms with Crippen molar-refractivity contribution in [2.45, 2.75) is 44.9 Å². The third-order valence-electron chi connectivity index (χ3n) is 5.25. The lowest BCUT2D eigenvalue weighted by Crippen LogP contribution is -2.55. The quantitative estimate of drug-likeness (QED) is 0.740. The second-order valence-corrected chi connectivity index (χ2v) is 6.72. The SMILES string of the molecule is CC[C@]1(C2CCN(Cc3cnc(COC)nc3)CC2)NC(=O)NC1=O. The van der Waals surface area contributed by atoms with Gasteiger partial charge in [-0.15, -0.1) is 0 Å². The van der Waals surface area contributed by atoms with Crippen LogP contribution in [0.25, 0.3) is 0 Å². The van der Waals surface area contributed by atoms with E-state index in [1.54, 1.807) is 7.11 Å². The van der Waals surface area contributed by atoms with E-state index in [0.717, 1.165) is 38.0 Å². The third-order valence-corrected chi connectivity index (χ3v) is 5.25. The number of hydrogen-bond acceptors (Lipinski definition) is 6. The van der Waals surface area contributed by atoms with E-state index < -0.39 is 5.54 Å². The molecule has 0 aromatic carbocycles. The predicted octanol–water partition coefficient (Wildman–Crippen LogP) is 0.823. The zero-order valence-electron chi connectivity index (χ0n) is 14.7. The third kappa shape index (κ3) is 3.64. The lowest BCUT2D eigenvalue weighted by Gasteiger charge is -2.40. The summed E-state index contributed by atoms with van der Waals surface area (Å²) in [6.07, 6.45) is 6.05. The fourth-order valence-corrected chi connectivity index (χ4v) is 3.84. The van der Waals surface area contributed by atoms with Gasteiger partial charge >= 0.3 is 6.03 Å². The molecule has 0 spiro atoms. The molecule has 0 radical (unpaired) electrons. The molecule has 1 atom stereocenters. The van der Waals surface area contributed by atoms with E-state index in [0.29, 0.717) is 18.9 Å². The van der Waals surface area contributed by atoms with Crippen LogP contribution in [0.4, 0.5) is 4.79 Å². The van der Waals surface area contributed by atoms with Crippen LogP contribution < -0.4 is 10.6 Å². The minimum absolute atomic E-state index is 0.167. The molecule has 0 saturated carbocycles. The van der Waals surface area contributed by atoms with Crippen LogP contribution in [-0.4, -0.2) is 52.5 Å². The Labute approximate surface area is 147 Å². The van der Waals surface area contributed by atoms with Gasteiger partial charge in [0, 0.05) is 31.6 Å². The number of hydrogen-bond donors (Lipinski definition) is 2. The van der Waals surface area contributed by atoms with E-state index in [-0.39, 0.29) is 17.9 Å². The number of urea groups is 1. The average molecular weight is 347 g/mol. The molecular weight excluding hydrogens is 322 g/mol. The van der Waals surface area contributed by atoms with Crippen LogP contribution in [0, 0.1) is 5.92 Å². The van der Waals surface area contributed by atoms with Gasteiger partial charge in [0.2, 0.25) is 0 Å². The molecule has 0 aliphatic carbocycles. The number of rotatable bonds is 6. The molecule has 25 heavy (non-hydrogen) atoms. The number of carbonyl (C=O) groups is 2. The highest BCUT2D eigenvalue weighted by Crippen LogP contribution is 2.33. The van der Waals surface area contributed by atoms with Crippen molar-refractivity contribution in [1.82, 2.24) is 25.5 Å². The summed E-state index contributed by atoms with van der Waals surface area (Å²) in [6, 6.07) is -0.373. The number of nitrogens with one attached hydrogen (secondary N) is 2. The van der Waals surface area contributed by atoms with Gasteiger partial charge < -0.3 is 10.1 Å². The summed E-state index contributed by atoms with van der Waals surface area (Å²) >= 11 is 0. The fraction of sp³-hybridized carbons (Fsp3) is 0.647. The van der Waals surface area contributed by atoms with Crippen molar-refractivity contribution in [3.8, 4) is 0 Å². The molecule has 1 aromatic rings. The Morgan fingerprint density at radius 2 is 1.96 bits per heavy atom. The van der Waals surface area contributed by atoms with Crippen molar-refractivity contribution < 1.29 is 14.3 Å². The largest absolute Gasteiger partial charge is 0.377 e. The summed E-state index contributed by atoms with van der Waals surface area (Å²) in [5, 5.41) is 5.26. The highest BCUT2D eigenvalue weighted by molar-refractivity contribution is 6.07. The van der Waals surface area contributed by atoms with Gasteiger partial charge in [0.05, 0.1) is 0 Å². The van der Waals surface area contributed by atoms with Gasteiger partial charge in [-0.1, -0.05) is 6.92 Å². The summed E-state index contributed by atoms with van der Waals surface area (Å²) < 4.78 is 5.02. The van der Waals surface area contributed by atoms with Crippen LogP contribution in [0.15, 0.2) is 12.4 Å². The Balaban J connectivity index is 1.56. The number of amides is 3. The number of aromatic nitrogens is 2. The van der Waals surface area contributed by atoms with Crippen molar-refractivity contribution >= 4 is 11.9 Å². The smallest absolute Gasteiger partial charge is 0.322 e. The molecule has 3 rings (SSSR count). The summed E-state index contributed by atoms with van der Waals surface area (Å²) in [6.45, 7) is 4.93. The normalized spacial score (nSPS) is 25.0. The molecule has 8 nitrogen and oxygen atoms in total. The van der Waals surface area contributed by atoms with Gasteiger partial charge in [0.1, 0.15) is 12.1 Å². The molecule has 136 valence electrons. The molecular formula is C17H25N5O3. The molecule has 1 aromatic heterocycles. The lowest BCUT2D eigenvalue weighted by molar-refractivity contribution is -0.126. The summed E-state index contributed by atoms with van der Waals surface area (Å²) in [7, 11) is 1.62. The predicted molar refractivity (Wildman–Crippen MR) is 90.4 cm³/mol. The fourth-order valence-electron chi connectivity index (χ4n) is 3.84. The average Bonchev–Trinajstić information content (AvgIpc) is 2.92. The number of likely N-dealkylation sites (tertiary alicyclic amines) is 1. The first-order valence-electron chi connectivity index (χ1n) is 8.72. The summed E-state index contributed by atoms with van der Waals surface area (Å²) in [4.78, 5) is 34.8. The molecule has 8 heteroatoms. The maximum Gasteiger partial charge on any atom is 0.322 e. The zero-order valence-corrected chi connectivity index (χ0v) is 14.7. The Hall–Kier alpha value is -2.06. The summed E-state index contributed by atoms with van der Waals surface area (Å²) in [5.74, 6) is 0.666. The molecule has 3 heterocycles. The van der Waals surface area contributed by atoms with E-state index in [1.165, 1.54) is 0 Å². The monoisotopic (exact) mass is 347 g/mol. The maximum atomic E-state index is 12.3. The molecule has 2 saturated heterocycles. The maximum absolute atomic E-state index is 12.3. The molecule has 0 bridgehead atoms. The van der Waals surface area contributed by atoms with Crippen LogP contribution in [0.5, 0.6) is 0 Å². The number of imide groups is 1. The van der Waals surface area contributed by atoms with E-state index in [4.69, 9.17) is 4.74 Å². The molecule has 2 aliphatic rings. The van der Waals surface area contributed by atoms with Crippen LogP contribution in [0.3, 0.4) is 0 Å². The van der Waals surface area contributed by atoms with Gasteiger partial charge in [0.25, 0.3) is 5.91 Å². The van der Waals surface area contributed by atoms with Gasteiger partial charge in [-0.2, -0.15) is 0 Å². The minimum Gasteiger partial charge on any atom is -0.377 e. The zero-order chi connectivity index (χ0) is 17.9. The van der Waals surface area contributed by atoms with Crippen molar-refractivity contribution in [2.24, 2.45) is 5.92 Å². The Kier molecular flexibility index (Phi) is 5.29. The first-order valence-corrected chi connectivity index (χ1v) is 8.72. The van der Waals surface area contributed by atoms with Crippen molar-refractivity contribution in [3.05, 3.63) is 23.8 Å². The second kappa shape index (κ2) is 7.45. The molecule has 2 fully saturated rings. The topological polar surface area (TPSA) is 96.4 Å². The Morgan fingerprint density at radius 3 is 2.48 bits per heavy atom. The van der Waals surface area contributed by atoms with Crippen molar-refractivity contribution in [1.29, 1.82) is 0 Å². The Bertz CT molecular complexity index is 628. The van der Waals surface area contributed by atoms with Gasteiger partial charge in [-0.3, -0.25) is 15.0 Å². The van der Waals surface area contributed by atoms with E-state index >= 15 is 0 Å². The van der Waals surface area contributed by atoms with Crippen molar-refractivity contribution in [3.63, 3.8) is 0 Å². The molecule has 2 aliphatic heterocycles. The van der Waals surface area contributed by atoms with E-state index in [1.807, 2.05) is 19.3 Å². The number of piperidine rings is 1. The molecule has 2 N–H and O–H groups in total. The standard InChI is InChI=1S/C17H25N5O3/c1-3-17(15(23)20-16(24)21-17)13-4-6-22(7-5-13)10-12-8-18-14(11-25-2)19-9-12/h8-9,13H,3-7,10-11H2,1-2H3,(H2,20,21,23,24)/t17-/m1/s1. The van der Waals surface area contributed by atoms with E-state index in [2.05, 4.69) is 25.5 Å². The molecule has 0 unspecified atom stereocenters. The first kappa shape index (κ1) is 17.8. The number of methoxy groups -OCH3 is 1. The summed E-state index contributed by atoms with van der Waals surface area (Å²) in [5.41, 5.74) is 0.323. The van der Waals surface area contributed by atoms with Crippen LogP contribution in [0.1, 0.15) is 37.6 Å². The molecule has 3 amide bonds. The van der Waals surface area contributed by atoms with Crippen LogP contribution >= 0.6 is 0 Å². The highest BCUT2D eigenvalue weighted by atomic mass is 16.5. The minimum atomic E-state index is -0.742. The van der Waals surface area contributed by atoms with Crippen LogP contribution in [-0.2, 0) is 22.7 Å².